The zero-order valence-electron chi connectivity index (χ0n) is 24.8. The van der Waals surface area contributed by atoms with E-state index in [-0.39, 0.29) is 37.4 Å². The molecule has 0 bridgehead atoms. The van der Waals surface area contributed by atoms with Gasteiger partial charge in [0.15, 0.2) is 6.04 Å². The Hall–Kier alpha value is -2.35. The maximum Gasteiger partial charge on any atom is 0.427 e. The molecule has 45 heavy (non-hydrogen) atoms. The summed E-state index contributed by atoms with van der Waals surface area (Å²) in [5, 5.41) is 8.40. The second kappa shape index (κ2) is 16.5. The van der Waals surface area contributed by atoms with Crippen molar-refractivity contribution < 1.29 is 76.1 Å². The molecule has 2 aliphatic rings. The van der Waals surface area contributed by atoms with Crippen molar-refractivity contribution in [2.75, 3.05) is 39.9 Å². The molecule has 15 nitrogen and oxygen atoms in total. The second-order valence-electron chi connectivity index (χ2n) is 10.7. The summed E-state index contributed by atoms with van der Waals surface area (Å²) >= 11 is 0. The average molecular weight is 694 g/mol. The highest BCUT2D eigenvalue weighted by molar-refractivity contribution is 7.89. The summed E-state index contributed by atoms with van der Waals surface area (Å²) < 4.78 is 90.9. The van der Waals surface area contributed by atoms with Crippen molar-refractivity contribution in [3.63, 3.8) is 0 Å². The van der Waals surface area contributed by atoms with Crippen LogP contribution in [0.2, 0.25) is 0 Å². The van der Waals surface area contributed by atoms with Gasteiger partial charge in [0.2, 0.25) is 16.1 Å². The van der Waals surface area contributed by atoms with Gasteiger partial charge in [-0.25, -0.2) is 18.0 Å². The van der Waals surface area contributed by atoms with E-state index in [0.717, 1.165) is 24.3 Å². The Morgan fingerprint density at radius 3 is 2.36 bits per heavy atom. The summed E-state index contributed by atoms with van der Waals surface area (Å²) in [6, 6.07) is 6.98. The molecule has 2 fully saturated rings. The Morgan fingerprint density at radius 1 is 1.24 bits per heavy atom. The number of phosphoric acid groups is 1. The number of likely N-dealkylation sites (tertiary alicyclic amines) is 1. The molecule has 0 saturated carbocycles. The predicted molar refractivity (Wildman–Crippen MR) is 147 cm³/mol. The van der Waals surface area contributed by atoms with Gasteiger partial charge in [-0.2, -0.15) is 17.5 Å². The Bertz CT molecular complexity index is 1260. The molecule has 3 rings (SSSR count). The zero-order valence-corrected chi connectivity index (χ0v) is 26.5. The number of sulfonamides is 1. The van der Waals surface area contributed by atoms with E-state index >= 15 is 0 Å². The lowest BCUT2D eigenvalue weighted by Crippen LogP contribution is -2.64. The zero-order chi connectivity index (χ0) is 34.1. The lowest BCUT2D eigenvalue weighted by atomic mass is 9.87. The van der Waals surface area contributed by atoms with Gasteiger partial charge in [0, 0.05) is 26.6 Å². The van der Waals surface area contributed by atoms with Crippen LogP contribution in [0.4, 0.5) is 18.0 Å². The van der Waals surface area contributed by atoms with Gasteiger partial charge in [0.25, 0.3) is 7.82 Å². The second-order valence-corrected chi connectivity index (χ2v) is 13.9. The van der Waals surface area contributed by atoms with Gasteiger partial charge in [-0.3, -0.25) is 4.57 Å². The normalized spacial score (nSPS) is 21.0. The smallest absolute Gasteiger partial charge is 0.427 e. The van der Waals surface area contributed by atoms with Gasteiger partial charge in [-0.1, -0.05) is 18.2 Å². The lowest BCUT2D eigenvalue weighted by molar-refractivity contribution is -0.410. The standard InChI is InChI=1S/C19H26F3N2O9PS.C6H14N2O2/c1-23(35(29,30)15-5-3-2-4-6-15)14-11-18(31-12-14)7-9-24(10-8-18)17(25)33-16(19(20,21)22)13-32-34(26,27)28;7-4-2-1-3-5(8)6(9)10/h2-6,14,16H,7-13H2,1H3,(H2,26,27,28);5H,1-4,7-8H2,(H,9,10)/p+1/t14-,16-;5-/m10/s1. The summed E-state index contributed by atoms with van der Waals surface area (Å²) in [5.41, 5.74) is 6.40. The third kappa shape index (κ3) is 12.1. The molecule has 1 aromatic rings. The summed E-state index contributed by atoms with van der Waals surface area (Å²) in [6.45, 7) is -0.654. The van der Waals surface area contributed by atoms with Crippen molar-refractivity contribution in [3.05, 3.63) is 30.3 Å². The van der Waals surface area contributed by atoms with Crippen molar-refractivity contribution >= 4 is 29.9 Å². The number of carbonyl (C=O) groups excluding carboxylic acids is 1. The number of piperidine rings is 1. The molecule has 2 saturated heterocycles. The topological polar surface area (TPSA) is 238 Å². The van der Waals surface area contributed by atoms with Crippen molar-refractivity contribution in [1.82, 2.24) is 9.21 Å². The van der Waals surface area contributed by atoms with Crippen molar-refractivity contribution in [2.45, 2.75) is 73.4 Å². The molecule has 258 valence electrons. The van der Waals surface area contributed by atoms with E-state index in [1.54, 1.807) is 18.2 Å². The number of hydrogen-bond acceptors (Lipinski definition) is 9. The van der Waals surface area contributed by atoms with Crippen LogP contribution >= 0.6 is 7.82 Å². The number of likely N-dealkylation sites (N-methyl/N-ethyl adjacent to an activating group) is 1. The molecule has 1 aromatic carbocycles. The molecule has 0 aromatic heterocycles. The number of amides is 1. The fourth-order valence-corrected chi connectivity index (χ4v) is 6.38. The number of hydrogen-bond donors (Lipinski definition) is 4. The number of phosphoric ester groups is 1. The van der Waals surface area contributed by atoms with Crippen LogP contribution in [0.1, 0.15) is 38.5 Å². The van der Waals surface area contributed by atoms with E-state index in [4.69, 9.17) is 14.7 Å². The first kappa shape index (κ1) is 38.8. The fourth-order valence-electron chi connectivity index (χ4n) is 4.70. The number of benzene rings is 1. The predicted octanol–water partition coefficient (Wildman–Crippen LogP) is -0.431. The Kier molecular flexibility index (Phi) is 14.2. The largest absolute Gasteiger partial charge is 0.756 e. The molecular formula is C25H41F3N4O11PS+. The first-order chi connectivity index (χ1) is 20.8. The Balaban J connectivity index is 0.000000607. The SMILES string of the molecule is CN([C@H]1COC2(CCN(C(=O)O[C@H](COP(=O)([O-])O)C(F)(F)F)CC2)C1)S(=O)(=O)c1ccccc1.[NH3+]CCCC[C@H]([NH3+])C(=O)O. The van der Waals surface area contributed by atoms with E-state index in [2.05, 4.69) is 20.7 Å². The minimum Gasteiger partial charge on any atom is -0.756 e. The van der Waals surface area contributed by atoms with E-state index in [1.807, 2.05) is 0 Å². The van der Waals surface area contributed by atoms with Crippen LogP contribution in [0, 0.1) is 0 Å². The quantitative estimate of drug-likeness (QED) is 0.162. The van der Waals surface area contributed by atoms with E-state index in [9.17, 15) is 40.6 Å². The maximum absolute atomic E-state index is 13.1. The molecule has 1 spiro atoms. The Labute approximate surface area is 258 Å². The highest BCUT2D eigenvalue weighted by Crippen LogP contribution is 2.39. The average Bonchev–Trinajstić information content (AvgIpc) is 3.37. The van der Waals surface area contributed by atoms with Gasteiger partial charge < -0.3 is 45.3 Å². The fraction of sp³-hybridized carbons (Fsp3) is 0.680. The van der Waals surface area contributed by atoms with Crippen molar-refractivity contribution in [3.8, 4) is 0 Å². The minimum atomic E-state index is -5.45. The molecule has 0 aliphatic carbocycles. The van der Waals surface area contributed by atoms with Crippen LogP contribution in [0.15, 0.2) is 35.2 Å². The van der Waals surface area contributed by atoms with Gasteiger partial charge in [0.1, 0.15) is 6.61 Å². The van der Waals surface area contributed by atoms with Crippen LogP contribution in [-0.4, -0.2) is 110 Å². The molecule has 20 heteroatoms. The third-order valence-corrected chi connectivity index (χ3v) is 9.86. The van der Waals surface area contributed by atoms with Crippen LogP contribution < -0.4 is 16.4 Å². The number of aliphatic carboxylic acids is 1. The molecule has 2 heterocycles. The number of carboxylic acids is 1. The summed E-state index contributed by atoms with van der Waals surface area (Å²) in [5.74, 6) is -0.802. The van der Waals surface area contributed by atoms with E-state index in [0.29, 0.717) is 12.8 Å². The van der Waals surface area contributed by atoms with Crippen LogP contribution in [0.3, 0.4) is 0 Å². The monoisotopic (exact) mass is 693 g/mol. The number of rotatable bonds is 12. The highest BCUT2D eigenvalue weighted by atomic mass is 32.2. The van der Waals surface area contributed by atoms with Gasteiger partial charge in [0.05, 0.1) is 29.7 Å². The van der Waals surface area contributed by atoms with Crippen LogP contribution in [0.25, 0.3) is 0 Å². The highest BCUT2D eigenvalue weighted by Gasteiger charge is 2.48. The van der Waals surface area contributed by atoms with E-state index in [1.165, 1.54) is 23.5 Å². The number of alkyl halides is 3. The molecule has 8 N–H and O–H groups in total. The first-order valence-electron chi connectivity index (χ1n) is 14.0. The number of nitrogens with zero attached hydrogens (tertiary/aromatic N) is 2. The maximum atomic E-state index is 13.1. The summed E-state index contributed by atoms with van der Waals surface area (Å²) in [6.07, 6.45) is -5.96. The van der Waals surface area contributed by atoms with Crippen LogP contribution in [0.5, 0.6) is 0 Å². The lowest BCUT2D eigenvalue weighted by Gasteiger charge is -2.38. The van der Waals surface area contributed by atoms with E-state index < -0.39 is 66.5 Å². The summed E-state index contributed by atoms with van der Waals surface area (Å²) in [4.78, 5) is 42.7. The summed E-state index contributed by atoms with van der Waals surface area (Å²) in [7, 11) is -7.75. The van der Waals surface area contributed by atoms with Gasteiger partial charge >= 0.3 is 18.2 Å². The number of halogens is 3. The number of ether oxygens (including phenoxy) is 2. The first-order valence-corrected chi connectivity index (χ1v) is 17.0. The molecule has 1 amide bonds. The molecule has 4 atom stereocenters. The van der Waals surface area contributed by atoms with Gasteiger partial charge in [-0.05, 0) is 44.2 Å². The van der Waals surface area contributed by atoms with Crippen molar-refractivity contribution in [2.24, 2.45) is 0 Å². The minimum absolute atomic E-state index is 0.0216. The van der Waals surface area contributed by atoms with Crippen LogP contribution in [-0.2, 0) is 33.4 Å². The van der Waals surface area contributed by atoms with Gasteiger partial charge in [-0.15, -0.1) is 0 Å². The van der Waals surface area contributed by atoms with Crippen molar-refractivity contribution in [1.29, 1.82) is 0 Å². The molecule has 0 radical (unpaired) electrons. The number of carbonyl (C=O) groups is 2. The number of quaternary nitrogens is 2. The Morgan fingerprint density at radius 2 is 1.84 bits per heavy atom. The molecule has 2 aliphatic heterocycles. The molecule has 1 unspecified atom stereocenters. The third-order valence-electron chi connectivity index (χ3n) is 7.46. The number of carboxylic acid groups (broad SMARTS) is 1. The molecular weight excluding hydrogens is 652 g/mol. The number of unbranched alkanes of at least 4 members (excludes halogenated alkanes) is 1.